The number of benzene rings is 2. The third kappa shape index (κ3) is 4.04. The Morgan fingerprint density at radius 3 is 2.67 bits per heavy atom. The molecule has 126 valence electrons. The lowest BCUT2D eigenvalue weighted by Gasteiger charge is -2.29. The second-order valence-electron chi connectivity index (χ2n) is 5.43. The maximum absolute atomic E-state index is 13.6. The molecule has 2 aromatic rings. The van der Waals surface area contributed by atoms with Crippen molar-refractivity contribution in [3.63, 3.8) is 0 Å². The Balaban J connectivity index is 1.68. The molecule has 0 amide bonds. The molecule has 1 aliphatic heterocycles. The quantitative estimate of drug-likeness (QED) is 0.761. The summed E-state index contributed by atoms with van der Waals surface area (Å²) in [4.78, 5) is 2.85. The zero-order valence-electron chi connectivity index (χ0n) is 13.0. The summed E-state index contributed by atoms with van der Waals surface area (Å²) >= 11 is 11.8. The summed E-state index contributed by atoms with van der Waals surface area (Å²) in [5, 5.41) is 0.458. The Kier molecular flexibility index (Phi) is 5.66. The number of halogens is 2. The number of hydrogen-bond acceptors (Lipinski definition) is 3. The number of rotatable bonds is 4. The van der Waals surface area contributed by atoms with Crippen LogP contribution in [0.3, 0.4) is 0 Å². The number of hydrogen-bond donors (Lipinski definition) is 0. The number of nitrogens with zero attached hydrogens (tertiary/aromatic N) is 1. The summed E-state index contributed by atoms with van der Waals surface area (Å²) in [5.41, 5.74) is 1.36. The van der Waals surface area contributed by atoms with Crippen LogP contribution in [0.5, 0.6) is 5.75 Å². The topological polar surface area (TPSA) is 21.7 Å². The van der Waals surface area contributed by atoms with Crippen LogP contribution in [0.15, 0.2) is 42.5 Å². The second kappa shape index (κ2) is 7.92. The minimum absolute atomic E-state index is 0.125. The van der Waals surface area contributed by atoms with Crippen molar-refractivity contribution in [2.24, 2.45) is 0 Å². The summed E-state index contributed by atoms with van der Waals surface area (Å²) in [6, 6.07) is 11.9. The van der Waals surface area contributed by atoms with Gasteiger partial charge in [-0.1, -0.05) is 42.0 Å². The SMILES string of the molecule is Fc1ccccc1COc1ccc(C(=S)N2CCOCC2)cc1Cl. The largest absolute Gasteiger partial charge is 0.487 e. The van der Waals surface area contributed by atoms with Gasteiger partial charge in [0.25, 0.3) is 0 Å². The van der Waals surface area contributed by atoms with Gasteiger partial charge in [-0.3, -0.25) is 0 Å². The van der Waals surface area contributed by atoms with E-state index in [0.29, 0.717) is 29.5 Å². The summed E-state index contributed by atoms with van der Waals surface area (Å²) in [7, 11) is 0. The van der Waals surface area contributed by atoms with Gasteiger partial charge in [0.05, 0.1) is 18.2 Å². The molecule has 0 radical (unpaired) electrons. The number of ether oxygens (including phenoxy) is 2. The molecule has 3 nitrogen and oxygen atoms in total. The number of thiocarbonyl (C=S) groups is 1. The van der Waals surface area contributed by atoms with Crippen molar-refractivity contribution in [1.82, 2.24) is 4.90 Å². The monoisotopic (exact) mass is 365 g/mol. The van der Waals surface area contributed by atoms with E-state index in [-0.39, 0.29) is 12.4 Å². The maximum Gasteiger partial charge on any atom is 0.138 e. The Bertz CT molecular complexity index is 735. The van der Waals surface area contributed by atoms with Gasteiger partial charge < -0.3 is 14.4 Å². The van der Waals surface area contributed by atoms with Gasteiger partial charge in [-0.15, -0.1) is 0 Å². The summed E-state index contributed by atoms with van der Waals surface area (Å²) in [6.07, 6.45) is 0. The molecule has 3 rings (SSSR count). The fraction of sp³-hybridized carbons (Fsp3) is 0.278. The van der Waals surface area contributed by atoms with E-state index in [2.05, 4.69) is 4.90 Å². The predicted molar refractivity (Wildman–Crippen MR) is 96.3 cm³/mol. The van der Waals surface area contributed by atoms with E-state index >= 15 is 0 Å². The molecular weight excluding hydrogens is 349 g/mol. The van der Waals surface area contributed by atoms with E-state index in [1.165, 1.54) is 6.07 Å². The molecule has 24 heavy (non-hydrogen) atoms. The highest BCUT2D eigenvalue weighted by molar-refractivity contribution is 7.80. The molecule has 0 spiro atoms. The lowest BCUT2D eigenvalue weighted by molar-refractivity contribution is 0.0693. The van der Waals surface area contributed by atoms with Gasteiger partial charge in [0.1, 0.15) is 23.2 Å². The lowest BCUT2D eigenvalue weighted by atomic mass is 10.2. The highest BCUT2D eigenvalue weighted by atomic mass is 35.5. The molecule has 0 saturated carbocycles. The molecule has 1 aliphatic rings. The fourth-order valence-electron chi connectivity index (χ4n) is 2.47. The van der Waals surface area contributed by atoms with Crippen LogP contribution in [-0.4, -0.2) is 36.2 Å². The Morgan fingerprint density at radius 2 is 1.96 bits per heavy atom. The average molecular weight is 366 g/mol. The molecule has 0 unspecified atom stereocenters. The lowest BCUT2D eigenvalue weighted by Crippen LogP contribution is -2.40. The Hall–Kier alpha value is -1.69. The number of morpholine rings is 1. The van der Waals surface area contributed by atoms with Crippen LogP contribution in [0.25, 0.3) is 0 Å². The predicted octanol–water partition coefficient (Wildman–Crippen LogP) is 4.07. The van der Waals surface area contributed by atoms with Crippen molar-refractivity contribution < 1.29 is 13.9 Å². The first kappa shape index (κ1) is 17.1. The van der Waals surface area contributed by atoms with Gasteiger partial charge in [-0.2, -0.15) is 0 Å². The first-order valence-corrected chi connectivity index (χ1v) is 8.46. The van der Waals surface area contributed by atoms with E-state index in [1.807, 2.05) is 6.07 Å². The smallest absolute Gasteiger partial charge is 0.138 e. The Labute approximate surface area is 150 Å². The van der Waals surface area contributed by atoms with Crippen molar-refractivity contribution in [3.05, 3.63) is 64.4 Å². The zero-order valence-corrected chi connectivity index (χ0v) is 14.6. The first-order chi connectivity index (χ1) is 11.6. The Morgan fingerprint density at radius 1 is 1.21 bits per heavy atom. The molecule has 0 aromatic heterocycles. The molecule has 0 atom stereocenters. The van der Waals surface area contributed by atoms with Gasteiger partial charge >= 0.3 is 0 Å². The molecular formula is C18H17ClFNO2S. The molecule has 1 heterocycles. The van der Waals surface area contributed by atoms with Gasteiger partial charge in [-0.25, -0.2) is 4.39 Å². The second-order valence-corrected chi connectivity index (χ2v) is 6.22. The highest BCUT2D eigenvalue weighted by Crippen LogP contribution is 2.27. The van der Waals surface area contributed by atoms with Crippen LogP contribution in [0.4, 0.5) is 4.39 Å². The summed E-state index contributed by atoms with van der Waals surface area (Å²) < 4.78 is 24.6. The van der Waals surface area contributed by atoms with Crippen LogP contribution in [0.2, 0.25) is 5.02 Å². The van der Waals surface area contributed by atoms with Crippen LogP contribution >= 0.6 is 23.8 Å². The standard InChI is InChI=1S/C18H17ClFNO2S/c19-15-11-13(18(24)21-7-9-22-10-8-21)5-6-17(15)23-12-14-3-1-2-4-16(14)20/h1-6,11H,7-10,12H2. The van der Waals surface area contributed by atoms with E-state index in [1.54, 1.807) is 30.3 Å². The average Bonchev–Trinajstić information content (AvgIpc) is 2.62. The molecule has 1 fully saturated rings. The van der Waals surface area contributed by atoms with Crippen LogP contribution in [0, 0.1) is 5.82 Å². The first-order valence-electron chi connectivity index (χ1n) is 7.68. The van der Waals surface area contributed by atoms with Crippen LogP contribution in [0.1, 0.15) is 11.1 Å². The molecule has 0 N–H and O–H groups in total. The molecule has 1 saturated heterocycles. The van der Waals surface area contributed by atoms with Crippen molar-refractivity contribution in [3.8, 4) is 5.75 Å². The van der Waals surface area contributed by atoms with Gasteiger partial charge in [0.15, 0.2) is 0 Å². The zero-order chi connectivity index (χ0) is 16.9. The van der Waals surface area contributed by atoms with Gasteiger partial charge in [0, 0.05) is 24.2 Å². The molecule has 2 aromatic carbocycles. The normalized spacial score (nSPS) is 14.5. The van der Waals surface area contributed by atoms with Crippen molar-refractivity contribution in [1.29, 1.82) is 0 Å². The highest BCUT2D eigenvalue weighted by Gasteiger charge is 2.16. The summed E-state index contributed by atoms with van der Waals surface area (Å²) in [5.74, 6) is 0.215. The van der Waals surface area contributed by atoms with Gasteiger partial charge in [-0.05, 0) is 24.3 Å². The van der Waals surface area contributed by atoms with E-state index in [0.717, 1.165) is 23.6 Å². The van der Waals surface area contributed by atoms with Crippen molar-refractivity contribution in [2.75, 3.05) is 26.3 Å². The van der Waals surface area contributed by atoms with Crippen LogP contribution < -0.4 is 4.74 Å². The van der Waals surface area contributed by atoms with Crippen LogP contribution in [-0.2, 0) is 11.3 Å². The molecule has 0 bridgehead atoms. The third-order valence-electron chi connectivity index (χ3n) is 3.82. The van der Waals surface area contributed by atoms with E-state index in [9.17, 15) is 4.39 Å². The van der Waals surface area contributed by atoms with Gasteiger partial charge in [0.2, 0.25) is 0 Å². The molecule has 0 aliphatic carbocycles. The van der Waals surface area contributed by atoms with E-state index < -0.39 is 0 Å². The van der Waals surface area contributed by atoms with Crippen molar-refractivity contribution >= 4 is 28.8 Å². The minimum Gasteiger partial charge on any atom is -0.487 e. The maximum atomic E-state index is 13.6. The minimum atomic E-state index is -0.293. The van der Waals surface area contributed by atoms with Crippen molar-refractivity contribution in [2.45, 2.75) is 6.61 Å². The summed E-state index contributed by atoms with van der Waals surface area (Å²) in [6.45, 7) is 3.04. The molecule has 6 heteroatoms. The third-order valence-corrected chi connectivity index (χ3v) is 4.61. The van der Waals surface area contributed by atoms with E-state index in [4.69, 9.17) is 33.3 Å². The fourth-order valence-corrected chi connectivity index (χ4v) is 3.02.